The zero-order valence-corrected chi connectivity index (χ0v) is 10.5. The minimum absolute atomic E-state index is 0.184. The average Bonchev–Trinajstić information content (AvgIpc) is 2.34. The monoisotopic (exact) mass is 273 g/mol. The molecule has 0 radical (unpaired) electrons. The van der Waals surface area contributed by atoms with Crippen LogP contribution in [0.2, 0.25) is 0 Å². The molecule has 3 nitrogen and oxygen atoms in total. The van der Waals surface area contributed by atoms with Gasteiger partial charge in [0.15, 0.2) is 0 Å². The normalized spacial score (nSPS) is 13.7. The highest BCUT2D eigenvalue weighted by Gasteiger charge is 2.33. The molecule has 104 valence electrons. The molecular formula is C13H14F3NO2. The maximum Gasteiger partial charge on any atom is 0.433 e. The van der Waals surface area contributed by atoms with Crippen LogP contribution < -0.4 is 0 Å². The second-order valence-corrected chi connectivity index (χ2v) is 4.15. The van der Waals surface area contributed by atoms with Crippen LogP contribution in [0.15, 0.2) is 18.2 Å². The van der Waals surface area contributed by atoms with E-state index in [2.05, 4.69) is 4.98 Å². The first kappa shape index (κ1) is 15.2. The first-order valence-corrected chi connectivity index (χ1v) is 5.74. The van der Waals surface area contributed by atoms with Gasteiger partial charge < -0.3 is 5.11 Å². The number of rotatable bonds is 4. The fourth-order valence-corrected chi connectivity index (χ4v) is 1.53. The number of aromatic nitrogens is 1. The molecule has 1 aromatic heterocycles. The Bertz CT molecular complexity index is 495. The Balaban J connectivity index is 3.28. The number of carboxylic acid groups (broad SMARTS) is 1. The minimum atomic E-state index is -4.50. The van der Waals surface area contributed by atoms with Gasteiger partial charge in [-0.3, -0.25) is 0 Å². The maximum absolute atomic E-state index is 12.6. The summed E-state index contributed by atoms with van der Waals surface area (Å²) in [4.78, 5) is 14.1. The topological polar surface area (TPSA) is 50.2 Å². The van der Waals surface area contributed by atoms with Crippen LogP contribution in [0.5, 0.6) is 0 Å². The molecule has 0 aliphatic carbocycles. The maximum atomic E-state index is 12.6. The second-order valence-electron chi connectivity index (χ2n) is 4.15. The van der Waals surface area contributed by atoms with Crippen molar-refractivity contribution in [3.05, 3.63) is 35.2 Å². The van der Waals surface area contributed by atoms with Crippen molar-refractivity contribution < 1.29 is 23.1 Å². The summed E-state index contributed by atoms with van der Waals surface area (Å²) in [5.74, 6) is -1.34. The van der Waals surface area contributed by atoms with Crippen LogP contribution in [0.4, 0.5) is 13.2 Å². The van der Waals surface area contributed by atoms with E-state index in [1.807, 2.05) is 6.92 Å². The van der Waals surface area contributed by atoms with E-state index in [0.29, 0.717) is 12.0 Å². The van der Waals surface area contributed by atoms with E-state index < -0.39 is 17.8 Å². The Labute approximate surface area is 108 Å². The zero-order valence-electron chi connectivity index (χ0n) is 10.5. The fourth-order valence-electron chi connectivity index (χ4n) is 1.53. The number of aliphatic carboxylic acids is 1. The minimum Gasteiger partial charge on any atom is -0.478 e. The summed E-state index contributed by atoms with van der Waals surface area (Å²) in [6.45, 7) is 3.58. The summed E-state index contributed by atoms with van der Waals surface area (Å²) in [5, 5.41) is 8.56. The summed E-state index contributed by atoms with van der Waals surface area (Å²) in [5.41, 5.74) is -0.310. The van der Waals surface area contributed by atoms with Crippen molar-refractivity contribution in [3.8, 4) is 0 Å². The highest BCUT2D eigenvalue weighted by Crippen LogP contribution is 2.31. The number of carbonyl (C=O) groups is 1. The first-order chi connectivity index (χ1) is 8.75. The average molecular weight is 273 g/mol. The molecule has 0 fully saturated rings. The Morgan fingerprint density at radius 2 is 2.11 bits per heavy atom. The third kappa shape index (κ3) is 4.08. The van der Waals surface area contributed by atoms with Crippen LogP contribution in [-0.4, -0.2) is 16.1 Å². The molecule has 0 spiro atoms. The number of nitrogens with zero attached hydrogens (tertiary/aromatic N) is 1. The molecule has 0 aromatic carbocycles. The Morgan fingerprint density at radius 1 is 1.47 bits per heavy atom. The highest BCUT2D eigenvalue weighted by atomic mass is 19.4. The van der Waals surface area contributed by atoms with Crippen molar-refractivity contribution in [2.24, 2.45) is 0 Å². The molecule has 0 aliphatic rings. The molecule has 0 amide bonds. The van der Waals surface area contributed by atoms with Crippen LogP contribution in [0.1, 0.15) is 43.1 Å². The molecule has 1 atom stereocenters. The van der Waals surface area contributed by atoms with Crippen molar-refractivity contribution >= 4 is 12.0 Å². The van der Waals surface area contributed by atoms with Gasteiger partial charge in [-0.2, -0.15) is 13.2 Å². The standard InChI is InChI=1S/C13H14F3NO2/c1-3-8(2)12-9(5-7-11(18)19)4-6-10(17-12)13(14,15)16/h4-8H,3H2,1-2H3,(H,18,19)/b7-5+. The van der Waals surface area contributed by atoms with Crippen molar-refractivity contribution in [3.63, 3.8) is 0 Å². The second kappa shape index (κ2) is 5.86. The van der Waals surface area contributed by atoms with Gasteiger partial charge in [-0.15, -0.1) is 0 Å². The summed E-state index contributed by atoms with van der Waals surface area (Å²) < 4.78 is 37.8. The highest BCUT2D eigenvalue weighted by molar-refractivity contribution is 5.85. The molecular weight excluding hydrogens is 259 g/mol. The SMILES string of the molecule is CCC(C)c1nc(C(F)(F)F)ccc1/C=C/C(=O)O. The van der Waals surface area contributed by atoms with Gasteiger partial charge in [0.05, 0.1) is 5.69 Å². The zero-order chi connectivity index (χ0) is 14.6. The Kier molecular flexibility index (Phi) is 4.69. The molecule has 1 rings (SSSR count). The van der Waals surface area contributed by atoms with E-state index in [1.165, 1.54) is 12.1 Å². The summed E-state index contributed by atoms with van der Waals surface area (Å²) in [6.07, 6.45) is -1.74. The summed E-state index contributed by atoms with van der Waals surface area (Å²) in [7, 11) is 0. The van der Waals surface area contributed by atoms with Crippen molar-refractivity contribution in [2.45, 2.75) is 32.4 Å². The number of carboxylic acids is 1. The molecule has 1 aromatic rings. The van der Waals surface area contributed by atoms with Gasteiger partial charge in [-0.25, -0.2) is 9.78 Å². The van der Waals surface area contributed by atoms with Gasteiger partial charge in [0.25, 0.3) is 0 Å². The van der Waals surface area contributed by atoms with Crippen molar-refractivity contribution in [1.82, 2.24) is 4.98 Å². The van der Waals surface area contributed by atoms with Gasteiger partial charge in [0.2, 0.25) is 0 Å². The third-order valence-corrected chi connectivity index (χ3v) is 2.73. The van der Waals surface area contributed by atoms with Crippen molar-refractivity contribution in [1.29, 1.82) is 0 Å². The number of hydrogen-bond donors (Lipinski definition) is 1. The third-order valence-electron chi connectivity index (χ3n) is 2.73. The van der Waals surface area contributed by atoms with E-state index in [1.54, 1.807) is 6.92 Å². The lowest BCUT2D eigenvalue weighted by molar-refractivity contribution is -0.141. The van der Waals surface area contributed by atoms with Crippen LogP contribution in [0, 0.1) is 0 Å². The molecule has 1 heterocycles. The van der Waals surface area contributed by atoms with Crippen LogP contribution in [-0.2, 0) is 11.0 Å². The largest absolute Gasteiger partial charge is 0.478 e. The Morgan fingerprint density at radius 3 is 2.58 bits per heavy atom. The number of alkyl halides is 3. The van der Waals surface area contributed by atoms with E-state index in [9.17, 15) is 18.0 Å². The molecule has 0 saturated heterocycles. The lowest BCUT2D eigenvalue weighted by Crippen LogP contribution is -2.11. The molecule has 0 saturated carbocycles. The molecule has 0 bridgehead atoms. The van der Waals surface area contributed by atoms with E-state index in [-0.39, 0.29) is 11.6 Å². The van der Waals surface area contributed by atoms with Gasteiger partial charge in [-0.05, 0) is 30.0 Å². The molecule has 6 heteroatoms. The first-order valence-electron chi connectivity index (χ1n) is 5.74. The molecule has 1 N–H and O–H groups in total. The van der Waals surface area contributed by atoms with E-state index in [0.717, 1.165) is 12.1 Å². The van der Waals surface area contributed by atoms with Crippen LogP contribution in [0.3, 0.4) is 0 Å². The lowest BCUT2D eigenvalue weighted by Gasteiger charge is -2.14. The molecule has 19 heavy (non-hydrogen) atoms. The fraction of sp³-hybridized carbons (Fsp3) is 0.385. The number of hydrogen-bond acceptors (Lipinski definition) is 2. The Hall–Kier alpha value is -1.85. The summed E-state index contributed by atoms with van der Waals surface area (Å²) >= 11 is 0. The van der Waals surface area contributed by atoms with Gasteiger partial charge in [0, 0.05) is 6.08 Å². The van der Waals surface area contributed by atoms with Gasteiger partial charge in [-0.1, -0.05) is 19.9 Å². The quantitative estimate of drug-likeness (QED) is 0.851. The van der Waals surface area contributed by atoms with E-state index >= 15 is 0 Å². The van der Waals surface area contributed by atoms with Gasteiger partial charge in [0.1, 0.15) is 5.69 Å². The predicted octanol–water partition coefficient (Wildman–Crippen LogP) is 3.71. The smallest absolute Gasteiger partial charge is 0.433 e. The molecule has 1 unspecified atom stereocenters. The lowest BCUT2D eigenvalue weighted by atomic mass is 9.98. The van der Waals surface area contributed by atoms with E-state index in [4.69, 9.17) is 5.11 Å². The summed E-state index contributed by atoms with van der Waals surface area (Å²) in [6, 6.07) is 2.10. The number of halogens is 3. The predicted molar refractivity (Wildman–Crippen MR) is 64.6 cm³/mol. The van der Waals surface area contributed by atoms with Gasteiger partial charge >= 0.3 is 12.1 Å². The number of pyridine rings is 1. The van der Waals surface area contributed by atoms with Crippen LogP contribution in [0.25, 0.3) is 6.08 Å². The molecule has 0 aliphatic heterocycles. The van der Waals surface area contributed by atoms with Crippen LogP contribution >= 0.6 is 0 Å². The van der Waals surface area contributed by atoms with Crippen molar-refractivity contribution in [2.75, 3.05) is 0 Å².